The minimum atomic E-state index is -4.50. The van der Waals surface area contributed by atoms with Crippen LogP contribution in [0.5, 0.6) is 0 Å². The van der Waals surface area contributed by atoms with Crippen LogP contribution in [-0.2, 0) is 0 Å². The van der Waals surface area contributed by atoms with Crippen molar-refractivity contribution in [2.75, 3.05) is 18.1 Å². The molecular formula is C20H17F3N4O3S. The highest BCUT2D eigenvalue weighted by molar-refractivity contribution is 7.98. The van der Waals surface area contributed by atoms with Crippen LogP contribution in [0.1, 0.15) is 26.4 Å². The topological polar surface area (TPSA) is 97.1 Å². The van der Waals surface area contributed by atoms with Gasteiger partial charge in [0, 0.05) is 11.3 Å². The average Bonchev–Trinajstić information content (AvgIpc) is 3.26. The van der Waals surface area contributed by atoms with Gasteiger partial charge in [0.2, 0.25) is 0 Å². The van der Waals surface area contributed by atoms with Crippen molar-refractivity contribution in [2.45, 2.75) is 18.1 Å². The van der Waals surface area contributed by atoms with Gasteiger partial charge in [-0.2, -0.15) is 13.2 Å². The summed E-state index contributed by atoms with van der Waals surface area (Å²) in [6, 6.07) is 8.91. The van der Waals surface area contributed by atoms with E-state index in [4.69, 9.17) is 4.42 Å². The number of hydrogen-bond donors (Lipinski definition) is 2. The van der Waals surface area contributed by atoms with Crippen LogP contribution in [0.4, 0.5) is 18.9 Å². The fourth-order valence-electron chi connectivity index (χ4n) is 2.65. The van der Waals surface area contributed by atoms with Crippen molar-refractivity contribution >= 4 is 29.3 Å². The van der Waals surface area contributed by atoms with E-state index in [1.165, 1.54) is 42.3 Å². The Morgan fingerprint density at radius 1 is 1.10 bits per heavy atom. The van der Waals surface area contributed by atoms with Gasteiger partial charge in [0.15, 0.2) is 11.6 Å². The molecule has 0 fully saturated rings. The maximum Gasteiger partial charge on any atom is 0.405 e. The van der Waals surface area contributed by atoms with E-state index in [0.29, 0.717) is 28.0 Å². The normalized spacial score (nSPS) is 11.3. The van der Waals surface area contributed by atoms with E-state index in [9.17, 15) is 22.8 Å². The van der Waals surface area contributed by atoms with Gasteiger partial charge in [-0.05, 0) is 49.6 Å². The van der Waals surface area contributed by atoms with E-state index in [-0.39, 0.29) is 11.1 Å². The molecular weight excluding hydrogens is 433 g/mol. The van der Waals surface area contributed by atoms with Crippen molar-refractivity contribution in [3.8, 4) is 11.6 Å². The number of alkyl halides is 3. The number of thioether (sulfide) groups is 1. The number of amides is 2. The lowest BCUT2D eigenvalue weighted by Crippen LogP contribution is -2.33. The Kier molecular flexibility index (Phi) is 6.64. The summed E-state index contributed by atoms with van der Waals surface area (Å²) in [5.74, 6) is -0.484. The number of benzene rings is 1. The Bertz CT molecular complexity index is 1080. The molecule has 0 atom stereocenters. The predicted molar refractivity (Wildman–Crippen MR) is 109 cm³/mol. The van der Waals surface area contributed by atoms with Gasteiger partial charge < -0.3 is 15.1 Å². The maximum atomic E-state index is 12.8. The largest absolute Gasteiger partial charge is 0.461 e. The number of aromatic nitrogens is 2. The van der Waals surface area contributed by atoms with Crippen molar-refractivity contribution in [3.63, 3.8) is 0 Å². The number of halogens is 3. The van der Waals surface area contributed by atoms with Crippen molar-refractivity contribution in [2.24, 2.45) is 0 Å². The van der Waals surface area contributed by atoms with Gasteiger partial charge in [-0.15, -0.1) is 11.8 Å². The first kappa shape index (κ1) is 22.3. The minimum Gasteiger partial charge on any atom is -0.461 e. The third-order valence-corrected chi connectivity index (χ3v) is 4.76. The molecule has 31 heavy (non-hydrogen) atoms. The van der Waals surface area contributed by atoms with Crippen LogP contribution in [0.25, 0.3) is 11.6 Å². The Morgan fingerprint density at radius 2 is 1.81 bits per heavy atom. The lowest BCUT2D eigenvalue weighted by molar-refractivity contribution is -0.123. The summed E-state index contributed by atoms with van der Waals surface area (Å²) in [5.41, 5.74) is 1.13. The van der Waals surface area contributed by atoms with E-state index in [1.54, 1.807) is 30.6 Å². The summed E-state index contributed by atoms with van der Waals surface area (Å²) in [5, 5.41) is 4.93. The van der Waals surface area contributed by atoms with Crippen LogP contribution in [0.15, 0.2) is 52.1 Å². The molecule has 3 aromatic rings. The van der Waals surface area contributed by atoms with Gasteiger partial charge in [0.05, 0.1) is 17.5 Å². The smallest absolute Gasteiger partial charge is 0.405 e. The molecule has 0 spiro atoms. The first-order chi connectivity index (χ1) is 14.7. The maximum absolute atomic E-state index is 12.8. The third-order valence-electron chi connectivity index (χ3n) is 4.07. The second-order valence-electron chi connectivity index (χ2n) is 6.32. The van der Waals surface area contributed by atoms with E-state index < -0.39 is 24.5 Å². The van der Waals surface area contributed by atoms with Gasteiger partial charge in [-0.1, -0.05) is 0 Å². The second kappa shape index (κ2) is 9.21. The van der Waals surface area contributed by atoms with E-state index in [0.717, 1.165) is 0 Å². The molecule has 162 valence electrons. The highest BCUT2D eigenvalue weighted by Crippen LogP contribution is 2.26. The molecule has 0 aliphatic heterocycles. The lowest BCUT2D eigenvalue weighted by Gasteiger charge is -2.12. The van der Waals surface area contributed by atoms with E-state index in [2.05, 4.69) is 15.3 Å². The predicted octanol–water partition coefficient (Wildman–Crippen LogP) is 4.31. The quantitative estimate of drug-likeness (QED) is 0.429. The Balaban J connectivity index is 1.75. The fraction of sp³-hybridized carbons (Fsp3) is 0.200. The molecule has 7 nitrogen and oxygen atoms in total. The second-order valence-corrected chi connectivity index (χ2v) is 7.12. The van der Waals surface area contributed by atoms with Gasteiger partial charge in [-0.25, -0.2) is 9.97 Å². The summed E-state index contributed by atoms with van der Waals surface area (Å²) in [4.78, 5) is 33.3. The average molecular weight is 450 g/mol. The Hall–Kier alpha value is -3.34. The summed E-state index contributed by atoms with van der Waals surface area (Å²) in [6.45, 7) is 0.256. The monoisotopic (exact) mass is 450 g/mol. The summed E-state index contributed by atoms with van der Waals surface area (Å²) < 4.78 is 42.0. The SMILES string of the molecule is CSc1nc(-c2ccco2)nc(C)c1C(=O)Nc1ccc(C(=O)NCC(F)(F)F)cc1. The van der Waals surface area contributed by atoms with Gasteiger partial charge in [-0.3, -0.25) is 9.59 Å². The van der Waals surface area contributed by atoms with Crippen molar-refractivity contribution in [1.82, 2.24) is 15.3 Å². The number of carbonyl (C=O) groups is 2. The molecule has 0 bridgehead atoms. The van der Waals surface area contributed by atoms with Crippen LogP contribution in [-0.4, -0.2) is 40.8 Å². The summed E-state index contributed by atoms with van der Waals surface area (Å²) in [6.07, 6.45) is -1.22. The highest BCUT2D eigenvalue weighted by Gasteiger charge is 2.28. The van der Waals surface area contributed by atoms with Crippen LogP contribution in [0.2, 0.25) is 0 Å². The zero-order valence-corrected chi connectivity index (χ0v) is 17.2. The molecule has 0 unspecified atom stereocenters. The number of furan rings is 1. The van der Waals surface area contributed by atoms with Gasteiger partial charge >= 0.3 is 6.18 Å². The van der Waals surface area contributed by atoms with Crippen LogP contribution >= 0.6 is 11.8 Å². The molecule has 1 aromatic carbocycles. The number of aryl methyl sites for hydroxylation is 1. The molecule has 0 radical (unpaired) electrons. The summed E-state index contributed by atoms with van der Waals surface area (Å²) >= 11 is 1.28. The van der Waals surface area contributed by atoms with Crippen molar-refractivity contribution in [1.29, 1.82) is 0 Å². The lowest BCUT2D eigenvalue weighted by atomic mass is 10.1. The number of nitrogens with zero attached hydrogens (tertiary/aromatic N) is 2. The molecule has 3 rings (SSSR count). The van der Waals surface area contributed by atoms with Crippen LogP contribution in [0.3, 0.4) is 0 Å². The summed E-state index contributed by atoms with van der Waals surface area (Å²) in [7, 11) is 0. The minimum absolute atomic E-state index is 0.0365. The molecule has 0 saturated heterocycles. The molecule has 0 aliphatic carbocycles. The van der Waals surface area contributed by atoms with Gasteiger partial charge in [0.25, 0.3) is 11.8 Å². The van der Waals surface area contributed by atoms with Crippen LogP contribution < -0.4 is 10.6 Å². The molecule has 2 N–H and O–H groups in total. The van der Waals surface area contributed by atoms with E-state index >= 15 is 0 Å². The zero-order chi connectivity index (χ0) is 22.6. The Morgan fingerprint density at radius 3 is 2.39 bits per heavy atom. The molecule has 0 aliphatic rings. The third kappa shape index (κ3) is 5.63. The molecule has 2 aromatic heterocycles. The first-order valence-electron chi connectivity index (χ1n) is 8.91. The Labute approximate surface area is 179 Å². The number of anilines is 1. The zero-order valence-electron chi connectivity index (χ0n) is 16.4. The van der Waals surface area contributed by atoms with E-state index in [1.807, 2.05) is 0 Å². The number of rotatable bonds is 6. The number of nitrogens with one attached hydrogen (secondary N) is 2. The molecule has 2 heterocycles. The van der Waals surface area contributed by atoms with Gasteiger partial charge in [0.1, 0.15) is 11.6 Å². The first-order valence-corrected chi connectivity index (χ1v) is 10.1. The van der Waals surface area contributed by atoms with Crippen LogP contribution in [0, 0.1) is 6.92 Å². The molecule has 2 amide bonds. The highest BCUT2D eigenvalue weighted by atomic mass is 32.2. The number of hydrogen-bond acceptors (Lipinski definition) is 6. The molecule has 11 heteroatoms. The fourth-order valence-corrected chi connectivity index (χ4v) is 3.28. The molecule has 0 saturated carbocycles. The van der Waals surface area contributed by atoms with Crippen molar-refractivity contribution < 1.29 is 27.2 Å². The standard InChI is InChI=1S/C20H17F3N4O3S/c1-11-15(19(31-2)27-16(25-11)14-4-3-9-30-14)18(29)26-13-7-5-12(6-8-13)17(28)24-10-20(21,22)23/h3-9H,10H2,1-2H3,(H,24,28)(H,26,29). The number of carbonyl (C=O) groups excluding carboxylic acids is 2. The van der Waals surface area contributed by atoms with Crippen molar-refractivity contribution in [3.05, 3.63) is 59.5 Å².